The van der Waals surface area contributed by atoms with Gasteiger partial charge in [0.05, 0.1) is 0 Å². The van der Waals surface area contributed by atoms with E-state index in [1.54, 1.807) is 24.3 Å². The molecule has 1 aromatic carbocycles. The van der Waals surface area contributed by atoms with Crippen molar-refractivity contribution < 1.29 is 14.6 Å². The third-order valence-electron chi connectivity index (χ3n) is 4.20. The Hall–Kier alpha value is -1.39. The Labute approximate surface area is 113 Å². The maximum absolute atomic E-state index is 12.0. The van der Waals surface area contributed by atoms with E-state index in [4.69, 9.17) is 4.74 Å². The van der Waals surface area contributed by atoms with Crippen molar-refractivity contribution in [2.24, 2.45) is 5.92 Å². The van der Waals surface area contributed by atoms with Crippen LogP contribution in [0.15, 0.2) is 30.3 Å². The van der Waals surface area contributed by atoms with Gasteiger partial charge in [0.15, 0.2) is 6.10 Å². The molecule has 4 heteroatoms. The summed E-state index contributed by atoms with van der Waals surface area (Å²) in [5, 5.41) is 10.0. The number of aliphatic hydroxyl groups is 1. The Morgan fingerprint density at radius 2 is 1.95 bits per heavy atom. The molecule has 1 N–H and O–H groups in total. The Bertz CT molecular complexity index is 440. The van der Waals surface area contributed by atoms with Gasteiger partial charge in [-0.1, -0.05) is 30.3 Å². The molecule has 4 nitrogen and oxygen atoms in total. The molecular formula is C15H19NO3. The van der Waals surface area contributed by atoms with Crippen molar-refractivity contribution in [3.05, 3.63) is 35.9 Å². The first-order valence-corrected chi connectivity index (χ1v) is 6.90. The van der Waals surface area contributed by atoms with Crippen LogP contribution in [-0.2, 0) is 9.53 Å². The first-order valence-electron chi connectivity index (χ1n) is 6.90. The van der Waals surface area contributed by atoms with Crippen LogP contribution in [0, 0.1) is 5.92 Å². The first-order chi connectivity index (χ1) is 9.24. The summed E-state index contributed by atoms with van der Waals surface area (Å²) < 4.78 is 5.51. The number of nitrogens with zero attached hydrogens (tertiary/aromatic N) is 1. The predicted octanol–water partition coefficient (Wildman–Crippen LogP) is 1.36. The SMILES string of the molecule is O=C(O[C@H]1CN2CCC1CC2)[C@@H](O)c1ccccc1. The van der Waals surface area contributed by atoms with Crippen molar-refractivity contribution in [3.8, 4) is 0 Å². The lowest BCUT2D eigenvalue weighted by molar-refractivity contribution is -0.169. The number of hydrogen-bond acceptors (Lipinski definition) is 4. The molecule has 0 amide bonds. The smallest absolute Gasteiger partial charge is 0.339 e. The fraction of sp³-hybridized carbons (Fsp3) is 0.533. The molecule has 3 fully saturated rings. The van der Waals surface area contributed by atoms with Crippen LogP contribution in [0.1, 0.15) is 24.5 Å². The highest BCUT2D eigenvalue weighted by Crippen LogP contribution is 2.30. The summed E-state index contributed by atoms with van der Waals surface area (Å²) in [6, 6.07) is 8.94. The predicted molar refractivity (Wildman–Crippen MR) is 70.4 cm³/mol. The van der Waals surface area contributed by atoms with Crippen molar-refractivity contribution in [2.75, 3.05) is 19.6 Å². The molecule has 1 aromatic rings. The number of carbonyl (C=O) groups is 1. The first kappa shape index (κ1) is 12.6. The van der Waals surface area contributed by atoms with Crippen LogP contribution in [0.3, 0.4) is 0 Å². The second kappa shape index (κ2) is 5.31. The molecule has 4 rings (SSSR count). The van der Waals surface area contributed by atoms with Gasteiger partial charge in [-0.2, -0.15) is 0 Å². The van der Waals surface area contributed by atoms with Gasteiger partial charge in [0.1, 0.15) is 6.10 Å². The van der Waals surface area contributed by atoms with E-state index in [-0.39, 0.29) is 6.10 Å². The number of ether oxygens (including phenoxy) is 1. The average Bonchev–Trinajstić information content (AvgIpc) is 2.48. The highest BCUT2D eigenvalue weighted by molar-refractivity contribution is 5.76. The van der Waals surface area contributed by atoms with Gasteiger partial charge < -0.3 is 9.84 Å². The third kappa shape index (κ3) is 2.65. The van der Waals surface area contributed by atoms with Crippen molar-refractivity contribution in [3.63, 3.8) is 0 Å². The van der Waals surface area contributed by atoms with Gasteiger partial charge in [-0.15, -0.1) is 0 Å². The molecular weight excluding hydrogens is 242 g/mol. The summed E-state index contributed by atoms with van der Waals surface area (Å²) in [5.41, 5.74) is 0.591. The van der Waals surface area contributed by atoms with Gasteiger partial charge in [0, 0.05) is 6.54 Å². The molecule has 0 aromatic heterocycles. The molecule has 3 saturated heterocycles. The van der Waals surface area contributed by atoms with Crippen LogP contribution in [0.2, 0.25) is 0 Å². The van der Waals surface area contributed by atoms with Crippen LogP contribution in [0.4, 0.5) is 0 Å². The topological polar surface area (TPSA) is 49.8 Å². The standard InChI is InChI=1S/C15H19NO3/c17-14(12-4-2-1-3-5-12)15(18)19-13-10-16-8-6-11(13)7-9-16/h1-5,11,13-14,17H,6-10H2/t13-,14-/m0/s1. The molecule has 0 unspecified atom stereocenters. The highest BCUT2D eigenvalue weighted by atomic mass is 16.6. The van der Waals surface area contributed by atoms with Crippen LogP contribution in [0.5, 0.6) is 0 Å². The van der Waals surface area contributed by atoms with Gasteiger partial charge in [-0.3, -0.25) is 4.90 Å². The molecule has 2 bridgehead atoms. The fourth-order valence-electron chi connectivity index (χ4n) is 3.03. The van der Waals surface area contributed by atoms with Gasteiger partial charge in [-0.25, -0.2) is 4.79 Å². The number of aliphatic hydroxyl groups excluding tert-OH is 1. The lowest BCUT2D eigenvalue weighted by Crippen LogP contribution is -2.52. The van der Waals surface area contributed by atoms with Crippen LogP contribution in [-0.4, -0.2) is 41.7 Å². The zero-order valence-corrected chi connectivity index (χ0v) is 10.9. The van der Waals surface area contributed by atoms with E-state index in [0.717, 1.165) is 32.5 Å². The summed E-state index contributed by atoms with van der Waals surface area (Å²) in [5.74, 6) is -0.0538. The lowest BCUT2D eigenvalue weighted by atomic mass is 9.86. The maximum Gasteiger partial charge on any atom is 0.339 e. The third-order valence-corrected chi connectivity index (χ3v) is 4.20. The molecule has 3 aliphatic rings. The monoisotopic (exact) mass is 261 g/mol. The number of rotatable bonds is 3. The Morgan fingerprint density at radius 1 is 1.26 bits per heavy atom. The number of fused-ring (bicyclic) bond motifs is 3. The molecule has 0 spiro atoms. The fourth-order valence-corrected chi connectivity index (χ4v) is 3.03. The molecule has 0 radical (unpaired) electrons. The van der Waals surface area contributed by atoms with Crippen molar-refractivity contribution >= 4 is 5.97 Å². The van der Waals surface area contributed by atoms with Gasteiger partial charge in [0.2, 0.25) is 0 Å². The number of hydrogen-bond donors (Lipinski definition) is 1. The van der Waals surface area contributed by atoms with Crippen LogP contribution >= 0.6 is 0 Å². The molecule has 0 saturated carbocycles. The van der Waals surface area contributed by atoms with Gasteiger partial charge in [-0.05, 0) is 37.4 Å². The minimum Gasteiger partial charge on any atom is -0.459 e. The normalized spacial score (nSPS) is 30.9. The van der Waals surface area contributed by atoms with E-state index in [2.05, 4.69) is 4.90 Å². The van der Waals surface area contributed by atoms with Gasteiger partial charge in [0.25, 0.3) is 0 Å². The average molecular weight is 261 g/mol. The molecule has 3 heterocycles. The van der Waals surface area contributed by atoms with E-state index in [1.165, 1.54) is 0 Å². The van der Waals surface area contributed by atoms with Crippen molar-refractivity contribution in [1.29, 1.82) is 0 Å². The summed E-state index contributed by atoms with van der Waals surface area (Å²) in [7, 11) is 0. The largest absolute Gasteiger partial charge is 0.459 e. The lowest BCUT2D eigenvalue weighted by Gasteiger charge is -2.44. The minimum atomic E-state index is -1.17. The Balaban J connectivity index is 1.62. The van der Waals surface area contributed by atoms with E-state index in [0.29, 0.717) is 11.5 Å². The Kier molecular flexibility index (Phi) is 3.53. The zero-order valence-electron chi connectivity index (χ0n) is 10.9. The summed E-state index contributed by atoms with van der Waals surface area (Å²) in [6.07, 6.45) is 0.976. The Morgan fingerprint density at radius 3 is 2.53 bits per heavy atom. The van der Waals surface area contributed by atoms with Gasteiger partial charge >= 0.3 is 5.97 Å². The van der Waals surface area contributed by atoms with Crippen molar-refractivity contribution in [2.45, 2.75) is 25.0 Å². The number of piperidine rings is 3. The molecule has 2 atom stereocenters. The molecule has 0 aliphatic carbocycles. The molecule has 19 heavy (non-hydrogen) atoms. The van der Waals surface area contributed by atoms with Crippen molar-refractivity contribution in [1.82, 2.24) is 4.90 Å². The van der Waals surface area contributed by atoms with E-state index < -0.39 is 12.1 Å². The quantitative estimate of drug-likeness (QED) is 0.835. The summed E-state index contributed by atoms with van der Waals surface area (Å²) >= 11 is 0. The second-order valence-corrected chi connectivity index (χ2v) is 5.43. The van der Waals surface area contributed by atoms with Crippen LogP contribution < -0.4 is 0 Å². The second-order valence-electron chi connectivity index (χ2n) is 5.43. The van der Waals surface area contributed by atoms with Crippen LogP contribution in [0.25, 0.3) is 0 Å². The highest BCUT2D eigenvalue weighted by Gasteiger charge is 2.37. The summed E-state index contributed by atoms with van der Waals surface area (Å²) in [6.45, 7) is 3.04. The zero-order chi connectivity index (χ0) is 13.2. The van der Waals surface area contributed by atoms with E-state index in [9.17, 15) is 9.90 Å². The van der Waals surface area contributed by atoms with E-state index >= 15 is 0 Å². The molecule has 3 aliphatic heterocycles. The van der Waals surface area contributed by atoms with E-state index in [1.807, 2.05) is 6.07 Å². The molecule has 102 valence electrons. The summed E-state index contributed by atoms with van der Waals surface area (Å²) in [4.78, 5) is 14.3. The number of benzene rings is 1. The maximum atomic E-state index is 12.0. The number of esters is 1. The minimum absolute atomic E-state index is 0.0478. The number of carbonyl (C=O) groups excluding carboxylic acids is 1.